The van der Waals surface area contributed by atoms with E-state index in [-0.39, 0.29) is 6.04 Å². The van der Waals surface area contributed by atoms with Crippen LogP contribution in [0.1, 0.15) is 28.3 Å². The van der Waals surface area contributed by atoms with Gasteiger partial charge in [-0.1, -0.05) is 31.2 Å². The zero-order chi connectivity index (χ0) is 13.9. The van der Waals surface area contributed by atoms with Crippen LogP contribution in [0.25, 0.3) is 10.8 Å². The maximum absolute atomic E-state index is 4.40. The maximum Gasteiger partial charge on any atom is 0.0689 e. The molecule has 102 valence electrons. The summed E-state index contributed by atoms with van der Waals surface area (Å²) in [6.45, 7) is 2.20. The summed E-state index contributed by atoms with van der Waals surface area (Å²) in [5, 5.41) is 5.90. The molecule has 1 N–H and O–H groups in total. The first-order valence-corrected chi connectivity index (χ1v) is 7.73. The number of aryl methyl sites for hydroxylation is 1. The lowest BCUT2D eigenvalue weighted by atomic mass is 10.0. The van der Waals surface area contributed by atoms with Crippen molar-refractivity contribution in [3.8, 4) is 0 Å². The average molecular weight is 282 g/mol. The molecule has 2 heterocycles. The summed E-state index contributed by atoms with van der Waals surface area (Å²) in [6.07, 6.45) is 5.00. The molecule has 3 aromatic rings. The predicted molar refractivity (Wildman–Crippen MR) is 86.3 cm³/mol. The quantitative estimate of drug-likeness (QED) is 0.777. The summed E-state index contributed by atoms with van der Waals surface area (Å²) in [5.41, 5.74) is 1.25. The molecule has 3 heteroatoms. The minimum absolute atomic E-state index is 0.207. The number of aromatic nitrogens is 1. The van der Waals surface area contributed by atoms with Crippen molar-refractivity contribution < 1.29 is 0 Å². The van der Waals surface area contributed by atoms with E-state index in [2.05, 4.69) is 53.6 Å². The molecule has 0 aliphatic carbocycles. The van der Waals surface area contributed by atoms with E-state index in [1.807, 2.05) is 30.8 Å². The van der Waals surface area contributed by atoms with Crippen molar-refractivity contribution >= 4 is 22.1 Å². The first-order valence-electron chi connectivity index (χ1n) is 6.92. The van der Waals surface area contributed by atoms with Crippen LogP contribution >= 0.6 is 11.3 Å². The molecule has 0 amide bonds. The van der Waals surface area contributed by atoms with E-state index in [1.165, 1.54) is 26.1 Å². The van der Waals surface area contributed by atoms with Gasteiger partial charge in [0, 0.05) is 33.1 Å². The molecule has 2 nitrogen and oxygen atoms in total. The number of pyridine rings is 1. The van der Waals surface area contributed by atoms with Crippen molar-refractivity contribution in [2.45, 2.75) is 19.4 Å². The van der Waals surface area contributed by atoms with Crippen molar-refractivity contribution in [1.82, 2.24) is 10.3 Å². The van der Waals surface area contributed by atoms with E-state index in [9.17, 15) is 0 Å². The fraction of sp³-hybridized carbons (Fsp3) is 0.235. The minimum atomic E-state index is 0.207. The number of fused-ring (bicyclic) bond motifs is 1. The Balaban J connectivity index is 2.11. The Bertz CT molecular complexity index is 712. The van der Waals surface area contributed by atoms with Gasteiger partial charge in [0.1, 0.15) is 0 Å². The molecule has 0 bridgehead atoms. The molecule has 0 saturated carbocycles. The molecule has 0 saturated heterocycles. The number of nitrogens with one attached hydrogen (secondary N) is 1. The number of thiophene rings is 1. The maximum atomic E-state index is 4.40. The van der Waals surface area contributed by atoms with Crippen LogP contribution in [0.2, 0.25) is 0 Å². The second-order valence-electron chi connectivity index (χ2n) is 4.83. The minimum Gasteiger partial charge on any atom is -0.309 e. The van der Waals surface area contributed by atoms with Gasteiger partial charge in [-0.2, -0.15) is 0 Å². The molecular formula is C17H18N2S. The Morgan fingerprint density at radius 3 is 2.75 bits per heavy atom. The van der Waals surface area contributed by atoms with Crippen LogP contribution in [0, 0.1) is 0 Å². The van der Waals surface area contributed by atoms with E-state index >= 15 is 0 Å². The highest BCUT2D eigenvalue weighted by molar-refractivity contribution is 7.12. The second-order valence-corrected chi connectivity index (χ2v) is 6.03. The van der Waals surface area contributed by atoms with Crippen molar-refractivity contribution in [3.63, 3.8) is 0 Å². The standard InChI is InChI=1S/C17H18N2S/c1-3-13-8-9-16(20-13)17(18-2)15-11-19-10-12-6-4-5-7-14(12)15/h4-11,17-18H,3H2,1-2H3. The Morgan fingerprint density at radius 2 is 2.00 bits per heavy atom. The highest BCUT2D eigenvalue weighted by Crippen LogP contribution is 2.32. The molecule has 0 spiro atoms. The van der Waals surface area contributed by atoms with Crippen LogP contribution in [0.3, 0.4) is 0 Å². The molecule has 20 heavy (non-hydrogen) atoms. The average Bonchev–Trinajstić information content (AvgIpc) is 2.97. The van der Waals surface area contributed by atoms with Crippen LogP contribution in [-0.4, -0.2) is 12.0 Å². The summed E-state index contributed by atoms with van der Waals surface area (Å²) in [7, 11) is 2.01. The van der Waals surface area contributed by atoms with Gasteiger partial charge in [-0.3, -0.25) is 4.98 Å². The van der Waals surface area contributed by atoms with Crippen LogP contribution in [0.4, 0.5) is 0 Å². The van der Waals surface area contributed by atoms with E-state index in [4.69, 9.17) is 0 Å². The van der Waals surface area contributed by atoms with Gasteiger partial charge in [-0.05, 0) is 31.0 Å². The summed E-state index contributed by atoms with van der Waals surface area (Å²) in [6, 6.07) is 13.1. The number of hydrogen-bond donors (Lipinski definition) is 1. The Kier molecular flexibility index (Phi) is 3.81. The van der Waals surface area contributed by atoms with Crippen LogP contribution in [0.15, 0.2) is 48.8 Å². The fourth-order valence-electron chi connectivity index (χ4n) is 2.56. The summed E-state index contributed by atoms with van der Waals surface area (Å²) in [5.74, 6) is 0. The van der Waals surface area contributed by atoms with Crippen LogP contribution in [-0.2, 0) is 6.42 Å². The summed E-state index contributed by atoms with van der Waals surface area (Å²) < 4.78 is 0. The van der Waals surface area contributed by atoms with E-state index < -0.39 is 0 Å². The number of rotatable bonds is 4. The van der Waals surface area contributed by atoms with Gasteiger partial charge >= 0.3 is 0 Å². The second kappa shape index (κ2) is 5.73. The molecule has 0 radical (unpaired) electrons. The monoisotopic (exact) mass is 282 g/mol. The molecule has 2 aromatic heterocycles. The molecule has 0 aliphatic heterocycles. The van der Waals surface area contributed by atoms with E-state index in [0.29, 0.717) is 0 Å². The first-order chi connectivity index (χ1) is 9.83. The van der Waals surface area contributed by atoms with Gasteiger partial charge in [0.25, 0.3) is 0 Å². The zero-order valence-corrected chi connectivity index (χ0v) is 12.6. The number of hydrogen-bond acceptors (Lipinski definition) is 3. The van der Waals surface area contributed by atoms with E-state index in [1.54, 1.807) is 0 Å². The van der Waals surface area contributed by atoms with Gasteiger partial charge in [0.2, 0.25) is 0 Å². The first kappa shape index (κ1) is 13.3. The molecule has 3 rings (SSSR count). The molecule has 1 aromatic carbocycles. The fourth-order valence-corrected chi connectivity index (χ4v) is 3.64. The smallest absolute Gasteiger partial charge is 0.0689 e. The molecule has 1 atom stereocenters. The van der Waals surface area contributed by atoms with Gasteiger partial charge in [-0.15, -0.1) is 11.3 Å². The third-order valence-electron chi connectivity index (χ3n) is 3.61. The Hall–Kier alpha value is -1.71. The molecule has 0 fully saturated rings. The Labute approximate surface area is 123 Å². The van der Waals surface area contributed by atoms with Crippen molar-refractivity contribution in [1.29, 1.82) is 0 Å². The van der Waals surface area contributed by atoms with Gasteiger partial charge in [-0.25, -0.2) is 0 Å². The molecular weight excluding hydrogens is 264 g/mol. The summed E-state index contributed by atoms with van der Waals surface area (Å²) >= 11 is 1.88. The normalized spacial score (nSPS) is 12.7. The predicted octanol–water partition coefficient (Wildman–Crippen LogP) is 4.17. The molecule has 1 unspecified atom stereocenters. The zero-order valence-electron chi connectivity index (χ0n) is 11.8. The topological polar surface area (TPSA) is 24.9 Å². The highest BCUT2D eigenvalue weighted by atomic mass is 32.1. The SMILES string of the molecule is CCc1ccc(C(NC)c2cncc3ccccc23)s1. The van der Waals surface area contributed by atoms with Gasteiger partial charge in [0.15, 0.2) is 0 Å². The van der Waals surface area contributed by atoms with Gasteiger partial charge in [0.05, 0.1) is 6.04 Å². The number of nitrogens with zero attached hydrogens (tertiary/aromatic N) is 1. The third-order valence-corrected chi connectivity index (χ3v) is 4.91. The number of benzene rings is 1. The third kappa shape index (κ3) is 2.35. The van der Waals surface area contributed by atoms with Crippen LogP contribution in [0.5, 0.6) is 0 Å². The Morgan fingerprint density at radius 1 is 1.15 bits per heavy atom. The summed E-state index contributed by atoms with van der Waals surface area (Å²) in [4.78, 5) is 7.17. The highest BCUT2D eigenvalue weighted by Gasteiger charge is 2.16. The van der Waals surface area contributed by atoms with E-state index in [0.717, 1.165) is 6.42 Å². The van der Waals surface area contributed by atoms with Crippen LogP contribution < -0.4 is 5.32 Å². The van der Waals surface area contributed by atoms with Crippen molar-refractivity contribution in [2.75, 3.05) is 7.05 Å². The lowest BCUT2D eigenvalue weighted by Gasteiger charge is -2.17. The van der Waals surface area contributed by atoms with Crippen molar-refractivity contribution in [2.24, 2.45) is 0 Å². The molecule has 0 aliphatic rings. The lowest BCUT2D eigenvalue weighted by Crippen LogP contribution is -2.17. The lowest BCUT2D eigenvalue weighted by molar-refractivity contribution is 0.706. The van der Waals surface area contributed by atoms with Crippen molar-refractivity contribution in [3.05, 3.63) is 64.1 Å². The van der Waals surface area contributed by atoms with Gasteiger partial charge < -0.3 is 5.32 Å². The largest absolute Gasteiger partial charge is 0.309 e.